The summed E-state index contributed by atoms with van der Waals surface area (Å²) >= 11 is 0. The molecule has 2 N–H and O–H groups in total. The van der Waals surface area contributed by atoms with E-state index in [2.05, 4.69) is 19.1 Å². The second-order valence-corrected chi connectivity index (χ2v) is 5.77. The highest BCUT2D eigenvalue weighted by Crippen LogP contribution is 2.19. The van der Waals surface area contributed by atoms with Gasteiger partial charge in [0.2, 0.25) is 5.91 Å². The number of rotatable bonds is 3. The Kier molecular flexibility index (Phi) is 4.59. The molecule has 0 bridgehead atoms. The van der Waals surface area contributed by atoms with E-state index in [1.54, 1.807) is 0 Å². The van der Waals surface area contributed by atoms with Crippen molar-refractivity contribution in [2.45, 2.75) is 39.2 Å². The molecule has 1 saturated heterocycles. The molecule has 104 valence electrons. The molecule has 1 amide bonds. The summed E-state index contributed by atoms with van der Waals surface area (Å²) in [4.78, 5) is 14.3. The van der Waals surface area contributed by atoms with E-state index in [1.165, 1.54) is 5.56 Å². The maximum atomic E-state index is 12.3. The first-order chi connectivity index (χ1) is 9.06. The molecule has 0 aliphatic carbocycles. The van der Waals surface area contributed by atoms with Crippen LogP contribution < -0.4 is 5.73 Å². The molecule has 3 heteroatoms. The van der Waals surface area contributed by atoms with Crippen LogP contribution in [0.25, 0.3) is 0 Å². The normalized spacial score (nSPS) is 21.2. The second kappa shape index (κ2) is 6.20. The predicted octanol–water partition coefficient (Wildman–Crippen LogP) is 2.12. The third kappa shape index (κ3) is 3.80. The summed E-state index contributed by atoms with van der Waals surface area (Å²) in [5.41, 5.74) is 8.27. The van der Waals surface area contributed by atoms with Crippen LogP contribution in [-0.4, -0.2) is 29.9 Å². The van der Waals surface area contributed by atoms with Crippen molar-refractivity contribution in [2.75, 3.05) is 13.1 Å². The van der Waals surface area contributed by atoms with E-state index in [4.69, 9.17) is 5.73 Å². The summed E-state index contributed by atoms with van der Waals surface area (Å²) in [6.07, 6.45) is 2.73. The van der Waals surface area contributed by atoms with E-state index in [1.807, 2.05) is 24.0 Å². The first-order valence-electron chi connectivity index (χ1n) is 7.15. The minimum absolute atomic E-state index is 0.176. The molecule has 19 heavy (non-hydrogen) atoms. The number of carbonyl (C=O) groups excluding carboxylic acids is 1. The topological polar surface area (TPSA) is 46.3 Å². The Labute approximate surface area is 115 Å². The van der Waals surface area contributed by atoms with Gasteiger partial charge in [-0.2, -0.15) is 0 Å². The third-order valence-corrected chi connectivity index (χ3v) is 3.99. The molecular weight excluding hydrogens is 236 g/mol. The van der Waals surface area contributed by atoms with Gasteiger partial charge in [0.15, 0.2) is 0 Å². The van der Waals surface area contributed by atoms with Crippen molar-refractivity contribution in [3.63, 3.8) is 0 Å². The number of hydrogen-bond donors (Lipinski definition) is 1. The van der Waals surface area contributed by atoms with Crippen molar-refractivity contribution >= 4 is 5.91 Å². The van der Waals surface area contributed by atoms with Crippen LogP contribution in [0.5, 0.6) is 0 Å². The van der Waals surface area contributed by atoms with E-state index in [9.17, 15) is 4.79 Å². The van der Waals surface area contributed by atoms with E-state index in [0.29, 0.717) is 12.3 Å². The maximum Gasteiger partial charge on any atom is 0.226 e. The highest BCUT2D eigenvalue weighted by molar-refractivity contribution is 5.78. The van der Waals surface area contributed by atoms with Gasteiger partial charge in [-0.05, 0) is 38.2 Å². The van der Waals surface area contributed by atoms with Gasteiger partial charge in [0, 0.05) is 19.1 Å². The van der Waals surface area contributed by atoms with Crippen molar-refractivity contribution in [2.24, 2.45) is 11.7 Å². The van der Waals surface area contributed by atoms with Gasteiger partial charge in [0.1, 0.15) is 0 Å². The van der Waals surface area contributed by atoms with Crippen LogP contribution in [0.1, 0.15) is 30.9 Å². The van der Waals surface area contributed by atoms with Crippen molar-refractivity contribution < 1.29 is 4.79 Å². The minimum Gasteiger partial charge on any atom is -0.342 e. The molecule has 1 aromatic carbocycles. The molecule has 0 radical (unpaired) electrons. The lowest BCUT2D eigenvalue weighted by Gasteiger charge is -2.34. The molecule has 0 spiro atoms. The summed E-state index contributed by atoms with van der Waals surface area (Å²) in [5.74, 6) is 0.686. The highest BCUT2D eigenvalue weighted by atomic mass is 16.2. The molecule has 3 nitrogen and oxygen atoms in total. The molecule has 1 aliphatic rings. The molecule has 1 aliphatic heterocycles. The summed E-state index contributed by atoms with van der Waals surface area (Å²) in [6, 6.07) is 8.36. The van der Waals surface area contributed by atoms with Gasteiger partial charge in [-0.1, -0.05) is 29.8 Å². The number of hydrogen-bond acceptors (Lipinski definition) is 2. The van der Waals surface area contributed by atoms with Gasteiger partial charge in [-0.25, -0.2) is 0 Å². The summed E-state index contributed by atoms with van der Waals surface area (Å²) in [7, 11) is 0. The molecule has 2 atom stereocenters. The van der Waals surface area contributed by atoms with Crippen LogP contribution in [0, 0.1) is 12.8 Å². The van der Waals surface area contributed by atoms with Gasteiger partial charge in [0.05, 0.1) is 6.42 Å². The molecule has 1 heterocycles. The lowest BCUT2D eigenvalue weighted by atomic mass is 9.92. The van der Waals surface area contributed by atoms with Crippen molar-refractivity contribution in [1.29, 1.82) is 0 Å². The predicted molar refractivity (Wildman–Crippen MR) is 77.8 cm³/mol. The Morgan fingerprint density at radius 1 is 1.53 bits per heavy atom. The Morgan fingerprint density at radius 2 is 2.32 bits per heavy atom. The van der Waals surface area contributed by atoms with Gasteiger partial charge in [0.25, 0.3) is 0 Å². The molecule has 1 aromatic rings. The van der Waals surface area contributed by atoms with Crippen LogP contribution in [0.3, 0.4) is 0 Å². The standard InChI is InChI=1S/C16H24N2O/c1-12-5-3-6-14(9-12)10-16(19)18-8-4-7-15(11-18)13(2)17/h3,5-6,9,13,15H,4,7-8,10-11,17H2,1-2H3. The molecule has 1 fully saturated rings. The van der Waals surface area contributed by atoms with Crippen LogP contribution in [0.2, 0.25) is 0 Å². The quantitative estimate of drug-likeness (QED) is 0.905. The fraction of sp³-hybridized carbons (Fsp3) is 0.562. The number of piperidine rings is 1. The largest absolute Gasteiger partial charge is 0.342 e. The molecule has 0 aromatic heterocycles. The van der Waals surface area contributed by atoms with Crippen molar-refractivity contribution in [3.8, 4) is 0 Å². The summed E-state index contributed by atoms with van der Waals surface area (Å²) < 4.78 is 0. The lowest BCUT2D eigenvalue weighted by Crippen LogP contribution is -2.45. The zero-order valence-electron chi connectivity index (χ0n) is 11.9. The summed E-state index contributed by atoms with van der Waals surface area (Å²) in [6.45, 7) is 5.80. The Hall–Kier alpha value is -1.35. The fourth-order valence-electron chi connectivity index (χ4n) is 2.77. The van der Waals surface area contributed by atoms with E-state index in [0.717, 1.165) is 31.5 Å². The van der Waals surface area contributed by atoms with E-state index >= 15 is 0 Å². The smallest absolute Gasteiger partial charge is 0.226 e. The van der Waals surface area contributed by atoms with Crippen molar-refractivity contribution in [1.82, 2.24) is 4.90 Å². The second-order valence-electron chi connectivity index (χ2n) is 5.77. The number of carbonyl (C=O) groups is 1. The van der Waals surface area contributed by atoms with Crippen LogP contribution >= 0.6 is 0 Å². The van der Waals surface area contributed by atoms with Gasteiger partial charge < -0.3 is 10.6 Å². The molecule has 0 saturated carbocycles. The minimum atomic E-state index is 0.176. The molecular formula is C16H24N2O. The third-order valence-electron chi connectivity index (χ3n) is 3.99. The van der Waals surface area contributed by atoms with Crippen LogP contribution in [-0.2, 0) is 11.2 Å². The number of amides is 1. The number of benzene rings is 1. The van der Waals surface area contributed by atoms with Gasteiger partial charge >= 0.3 is 0 Å². The van der Waals surface area contributed by atoms with Gasteiger partial charge in [-0.3, -0.25) is 4.79 Å². The Morgan fingerprint density at radius 3 is 3.00 bits per heavy atom. The first-order valence-corrected chi connectivity index (χ1v) is 7.15. The average molecular weight is 260 g/mol. The van der Waals surface area contributed by atoms with E-state index < -0.39 is 0 Å². The van der Waals surface area contributed by atoms with E-state index in [-0.39, 0.29) is 11.9 Å². The number of aryl methyl sites for hydroxylation is 1. The molecule has 2 unspecified atom stereocenters. The van der Waals surface area contributed by atoms with Crippen molar-refractivity contribution in [3.05, 3.63) is 35.4 Å². The van der Waals surface area contributed by atoms with Crippen LogP contribution in [0.15, 0.2) is 24.3 Å². The first kappa shape index (κ1) is 14.1. The number of nitrogens with two attached hydrogens (primary N) is 1. The highest BCUT2D eigenvalue weighted by Gasteiger charge is 2.25. The lowest BCUT2D eigenvalue weighted by molar-refractivity contribution is -0.132. The maximum absolute atomic E-state index is 12.3. The zero-order valence-corrected chi connectivity index (χ0v) is 11.9. The average Bonchev–Trinajstić information content (AvgIpc) is 2.39. The van der Waals surface area contributed by atoms with Crippen LogP contribution in [0.4, 0.5) is 0 Å². The Balaban J connectivity index is 1.96. The van der Waals surface area contributed by atoms with Gasteiger partial charge in [-0.15, -0.1) is 0 Å². The fourth-order valence-corrected chi connectivity index (χ4v) is 2.77. The zero-order chi connectivity index (χ0) is 13.8. The number of likely N-dealkylation sites (tertiary alicyclic amines) is 1. The monoisotopic (exact) mass is 260 g/mol. The summed E-state index contributed by atoms with van der Waals surface area (Å²) in [5, 5.41) is 0. The SMILES string of the molecule is Cc1cccc(CC(=O)N2CCCC(C(C)N)C2)c1. The molecule has 2 rings (SSSR count). The Bertz CT molecular complexity index is 442. The number of nitrogens with zero attached hydrogens (tertiary/aromatic N) is 1.